The molecule has 0 aliphatic carbocycles. The normalized spacial score (nSPS) is 10.2. The van der Waals surface area contributed by atoms with Gasteiger partial charge in [0.25, 0.3) is 5.91 Å². The summed E-state index contributed by atoms with van der Waals surface area (Å²) in [7, 11) is 0. The minimum absolute atomic E-state index is 0.118. The van der Waals surface area contributed by atoms with E-state index in [-0.39, 0.29) is 5.91 Å². The van der Waals surface area contributed by atoms with Crippen molar-refractivity contribution in [1.29, 1.82) is 0 Å². The Morgan fingerprint density at radius 3 is 2.67 bits per heavy atom. The highest BCUT2D eigenvalue weighted by Gasteiger charge is 2.09. The molecule has 0 saturated heterocycles. The molecule has 0 saturated carbocycles. The average Bonchev–Trinajstić information content (AvgIpc) is 2.46. The third kappa shape index (κ3) is 3.55. The quantitative estimate of drug-likeness (QED) is 0.736. The molecule has 1 amide bonds. The molecule has 0 radical (unpaired) electrons. The third-order valence-electron chi connectivity index (χ3n) is 3.11. The van der Waals surface area contributed by atoms with Gasteiger partial charge in [-0.25, -0.2) is 0 Å². The number of aryl methyl sites for hydroxylation is 1. The molecule has 0 aliphatic heterocycles. The number of nitrogen functional groups attached to an aromatic ring is 1. The first-order valence-corrected chi connectivity index (χ1v) is 7.52. The third-order valence-corrected chi connectivity index (χ3v) is 4.16. The number of carbonyl (C=O) groups is 1. The van der Waals surface area contributed by atoms with Crippen molar-refractivity contribution < 1.29 is 4.79 Å². The number of rotatable bonds is 4. The van der Waals surface area contributed by atoms with Crippen molar-refractivity contribution in [2.24, 2.45) is 0 Å². The highest BCUT2D eigenvalue weighted by atomic mass is 79.9. The van der Waals surface area contributed by atoms with Crippen molar-refractivity contribution in [3.8, 4) is 0 Å². The summed E-state index contributed by atoms with van der Waals surface area (Å²) in [5.41, 5.74) is 9.97. The molecular weight excluding hydrogens is 330 g/mol. The van der Waals surface area contributed by atoms with Crippen molar-refractivity contribution in [1.82, 2.24) is 5.32 Å². The standard InChI is InChI=1S/C16H18BrN3O/c1-3-19-16(21)11-7-8-13(12(18)9-11)20-14-6-4-5-10(2)15(14)17/h4-9,20H,3,18H2,1-2H3,(H,19,21). The Morgan fingerprint density at radius 1 is 1.24 bits per heavy atom. The maximum Gasteiger partial charge on any atom is 0.251 e. The molecular formula is C16H18BrN3O. The molecule has 0 atom stereocenters. The van der Waals surface area contributed by atoms with Crippen molar-refractivity contribution in [3.63, 3.8) is 0 Å². The lowest BCUT2D eigenvalue weighted by Crippen LogP contribution is -2.22. The van der Waals surface area contributed by atoms with E-state index in [2.05, 4.69) is 26.6 Å². The van der Waals surface area contributed by atoms with Gasteiger partial charge in [-0.3, -0.25) is 4.79 Å². The van der Waals surface area contributed by atoms with Crippen LogP contribution in [0.25, 0.3) is 0 Å². The molecule has 5 heteroatoms. The van der Waals surface area contributed by atoms with Crippen LogP contribution in [-0.4, -0.2) is 12.5 Å². The summed E-state index contributed by atoms with van der Waals surface area (Å²) in [5.74, 6) is -0.118. The van der Waals surface area contributed by atoms with Crippen molar-refractivity contribution in [2.45, 2.75) is 13.8 Å². The molecule has 2 aromatic rings. The Balaban J connectivity index is 2.25. The van der Waals surface area contributed by atoms with Crippen LogP contribution in [0.4, 0.5) is 17.1 Å². The van der Waals surface area contributed by atoms with Crippen LogP contribution in [0.2, 0.25) is 0 Å². The number of nitrogens with two attached hydrogens (primary N) is 1. The second-order valence-electron chi connectivity index (χ2n) is 4.72. The van der Waals surface area contributed by atoms with Crippen molar-refractivity contribution in [3.05, 3.63) is 52.0 Å². The van der Waals surface area contributed by atoms with Gasteiger partial charge in [-0.15, -0.1) is 0 Å². The molecule has 0 aliphatic rings. The summed E-state index contributed by atoms with van der Waals surface area (Å²) in [6.07, 6.45) is 0. The van der Waals surface area contributed by atoms with Gasteiger partial charge in [0.05, 0.1) is 17.1 Å². The van der Waals surface area contributed by atoms with Gasteiger partial charge in [-0.2, -0.15) is 0 Å². The maximum absolute atomic E-state index is 11.8. The highest BCUT2D eigenvalue weighted by molar-refractivity contribution is 9.10. The van der Waals surface area contributed by atoms with E-state index in [1.54, 1.807) is 12.1 Å². The van der Waals surface area contributed by atoms with Crippen molar-refractivity contribution >= 4 is 38.9 Å². The predicted molar refractivity (Wildman–Crippen MR) is 91.0 cm³/mol. The van der Waals surface area contributed by atoms with Gasteiger partial charge in [-0.1, -0.05) is 12.1 Å². The lowest BCUT2D eigenvalue weighted by molar-refractivity contribution is 0.0956. The fourth-order valence-corrected chi connectivity index (χ4v) is 2.33. The molecule has 110 valence electrons. The number of anilines is 3. The zero-order chi connectivity index (χ0) is 15.4. The van der Waals surface area contributed by atoms with E-state index in [4.69, 9.17) is 5.73 Å². The molecule has 0 bridgehead atoms. The Labute approximate surface area is 132 Å². The van der Waals surface area contributed by atoms with Gasteiger partial charge in [0.1, 0.15) is 0 Å². The van der Waals surface area contributed by atoms with E-state index in [1.807, 2.05) is 38.1 Å². The minimum atomic E-state index is -0.118. The molecule has 21 heavy (non-hydrogen) atoms. The smallest absolute Gasteiger partial charge is 0.251 e. The number of amides is 1. The predicted octanol–water partition coefficient (Wildman–Crippen LogP) is 3.83. The van der Waals surface area contributed by atoms with E-state index in [0.717, 1.165) is 21.4 Å². The van der Waals surface area contributed by atoms with Gasteiger partial charge >= 0.3 is 0 Å². The first-order chi connectivity index (χ1) is 10.0. The summed E-state index contributed by atoms with van der Waals surface area (Å²) in [6, 6.07) is 11.2. The zero-order valence-electron chi connectivity index (χ0n) is 12.0. The summed E-state index contributed by atoms with van der Waals surface area (Å²) < 4.78 is 0.997. The number of benzene rings is 2. The zero-order valence-corrected chi connectivity index (χ0v) is 13.6. The largest absolute Gasteiger partial charge is 0.397 e. The van der Waals surface area contributed by atoms with Crippen molar-refractivity contribution in [2.75, 3.05) is 17.6 Å². The fourth-order valence-electron chi connectivity index (χ4n) is 1.97. The number of halogens is 1. The van der Waals surface area contributed by atoms with Gasteiger partial charge < -0.3 is 16.4 Å². The number of nitrogens with one attached hydrogen (secondary N) is 2. The number of hydrogen-bond acceptors (Lipinski definition) is 3. The Hall–Kier alpha value is -2.01. The fraction of sp³-hybridized carbons (Fsp3) is 0.188. The van der Waals surface area contributed by atoms with Gasteiger partial charge in [0, 0.05) is 16.6 Å². The molecule has 0 aromatic heterocycles. The van der Waals surface area contributed by atoms with Crippen LogP contribution in [0.5, 0.6) is 0 Å². The van der Waals surface area contributed by atoms with E-state index >= 15 is 0 Å². The molecule has 0 spiro atoms. The Morgan fingerprint density at radius 2 is 2.00 bits per heavy atom. The molecule has 0 heterocycles. The van der Waals surface area contributed by atoms with E-state index < -0.39 is 0 Å². The molecule has 4 N–H and O–H groups in total. The topological polar surface area (TPSA) is 67.2 Å². The summed E-state index contributed by atoms with van der Waals surface area (Å²) in [5, 5.41) is 6.03. The second kappa shape index (κ2) is 6.63. The van der Waals surface area contributed by atoms with Gasteiger partial charge in [0.15, 0.2) is 0 Å². The Bertz CT molecular complexity index is 671. The molecule has 4 nitrogen and oxygen atoms in total. The molecule has 0 unspecified atom stereocenters. The number of hydrogen-bond donors (Lipinski definition) is 3. The van der Waals surface area contributed by atoms with Crippen LogP contribution in [0.15, 0.2) is 40.9 Å². The van der Waals surface area contributed by atoms with Gasteiger partial charge in [0.2, 0.25) is 0 Å². The molecule has 2 rings (SSSR count). The Kier molecular flexibility index (Phi) is 4.85. The van der Waals surface area contributed by atoms with E-state index in [9.17, 15) is 4.79 Å². The van der Waals surface area contributed by atoms with E-state index in [1.165, 1.54) is 0 Å². The van der Waals surface area contributed by atoms with E-state index in [0.29, 0.717) is 17.8 Å². The minimum Gasteiger partial charge on any atom is -0.397 e. The average molecular weight is 348 g/mol. The van der Waals surface area contributed by atoms with Crippen LogP contribution in [0, 0.1) is 6.92 Å². The maximum atomic E-state index is 11.8. The van der Waals surface area contributed by atoms with Crippen LogP contribution >= 0.6 is 15.9 Å². The van der Waals surface area contributed by atoms with Gasteiger partial charge in [-0.05, 0) is 59.6 Å². The first-order valence-electron chi connectivity index (χ1n) is 6.72. The van der Waals surface area contributed by atoms with Crippen LogP contribution in [0.3, 0.4) is 0 Å². The monoisotopic (exact) mass is 347 g/mol. The van der Waals surface area contributed by atoms with Crippen LogP contribution < -0.4 is 16.4 Å². The summed E-state index contributed by atoms with van der Waals surface area (Å²) in [4.78, 5) is 11.8. The summed E-state index contributed by atoms with van der Waals surface area (Å²) in [6.45, 7) is 4.50. The number of carbonyl (C=O) groups excluding carboxylic acids is 1. The second-order valence-corrected chi connectivity index (χ2v) is 5.52. The van der Waals surface area contributed by atoms with Crippen LogP contribution in [-0.2, 0) is 0 Å². The highest BCUT2D eigenvalue weighted by Crippen LogP contribution is 2.31. The molecule has 0 fully saturated rings. The first kappa shape index (κ1) is 15.4. The summed E-state index contributed by atoms with van der Waals surface area (Å²) >= 11 is 3.55. The lowest BCUT2D eigenvalue weighted by Gasteiger charge is -2.13. The SMILES string of the molecule is CCNC(=O)c1ccc(Nc2cccc(C)c2Br)c(N)c1. The molecule has 2 aromatic carbocycles. The van der Waals surface area contributed by atoms with Crippen LogP contribution in [0.1, 0.15) is 22.8 Å². The lowest BCUT2D eigenvalue weighted by atomic mass is 10.1.